The highest BCUT2D eigenvalue weighted by molar-refractivity contribution is 5.66. The molecule has 0 spiro atoms. The molecule has 1 aromatic heterocycles. The molecule has 1 aromatic carbocycles. The molecule has 26 heavy (non-hydrogen) atoms. The van der Waals surface area contributed by atoms with E-state index in [0.29, 0.717) is 23.6 Å². The van der Waals surface area contributed by atoms with Gasteiger partial charge < -0.3 is 14.6 Å². The Morgan fingerprint density at radius 1 is 1.15 bits per heavy atom. The summed E-state index contributed by atoms with van der Waals surface area (Å²) in [5, 5.41) is 3.37. The van der Waals surface area contributed by atoms with Crippen molar-refractivity contribution in [2.75, 3.05) is 20.2 Å². The third-order valence-corrected chi connectivity index (χ3v) is 5.30. The molecule has 0 radical (unpaired) electrons. The Balaban J connectivity index is 1.82. The van der Waals surface area contributed by atoms with Crippen LogP contribution in [0.2, 0.25) is 0 Å². The zero-order valence-electron chi connectivity index (χ0n) is 14.3. The summed E-state index contributed by atoms with van der Waals surface area (Å²) in [6.07, 6.45) is -3.52. The Kier molecular flexibility index (Phi) is 4.06. The highest BCUT2D eigenvalue weighted by Gasteiger charge is 2.35. The van der Waals surface area contributed by atoms with Crippen LogP contribution < -0.4 is 15.6 Å². The van der Waals surface area contributed by atoms with E-state index in [1.807, 2.05) is 6.07 Å². The number of aromatic nitrogens is 1. The second kappa shape index (κ2) is 6.16. The second-order valence-electron chi connectivity index (χ2n) is 6.99. The Hall–Kier alpha value is -2.28. The van der Waals surface area contributed by atoms with Gasteiger partial charge in [-0.2, -0.15) is 13.2 Å². The first-order chi connectivity index (χ1) is 12.4. The van der Waals surface area contributed by atoms with Crippen LogP contribution in [0.15, 0.2) is 35.1 Å². The van der Waals surface area contributed by atoms with Crippen LogP contribution in [0.25, 0.3) is 11.1 Å². The van der Waals surface area contributed by atoms with Gasteiger partial charge >= 0.3 is 6.18 Å². The normalized spacial score (nSPS) is 22.0. The lowest BCUT2D eigenvalue weighted by Crippen LogP contribution is -2.44. The first-order valence-corrected chi connectivity index (χ1v) is 8.58. The van der Waals surface area contributed by atoms with Gasteiger partial charge in [-0.15, -0.1) is 0 Å². The molecule has 0 unspecified atom stereocenters. The van der Waals surface area contributed by atoms with E-state index in [4.69, 9.17) is 4.74 Å². The van der Waals surface area contributed by atoms with Crippen molar-refractivity contribution in [2.24, 2.45) is 5.92 Å². The van der Waals surface area contributed by atoms with Crippen molar-refractivity contribution in [3.63, 3.8) is 0 Å². The van der Waals surface area contributed by atoms with Gasteiger partial charge in [0.05, 0.1) is 12.7 Å². The molecule has 7 heteroatoms. The van der Waals surface area contributed by atoms with Crippen LogP contribution in [0.1, 0.15) is 23.6 Å². The molecule has 2 bridgehead atoms. The molecule has 0 amide bonds. The molecule has 1 saturated heterocycles. The van der Waals surface area contributed by atoms with Crippen molar-refractivity contribution in [3.8, 4) is 16.9 Å². The van der Waals surface area contributed by atoms with E-state index in [2.05, 4.69) is 5.32 Å². The van der Waals surface area contributed by atoms with Gasteiger partial charge in [0.15, 0.2) is 0 Å². The highest BCUT2D eigenvalue weighted by atomic mass is 19.4. The predicted octanol–water partition coefficient (Wildman–Crippen LogP) is 3.25. The number of pyridine rings is 1. The van der Waals surface area contributed by atoms with Crippen LogP contribution >= 0.6 is 0 Å². The molecule has 2 aliphatic heterocycles. The van der Waals surface area contributed by atoms with E-state index in [0.717, 1.165) is 31.3 Å². The summed E-state index contributed by atoms with van der Waals surface area (Å²) in [4.78, 5) is 12.6. The molecule has 2 aromatic rings. The highest BCUT2D eigenvalue weighted by Crippen LogP contribution is 2.39. The molecule has 3 heterocycles. The van der Waals surface area contributed by atoms with Crippen LogP contribution in [0, 0.1) is 5.92 Å². The number of hydrogen-bond donors (Lipinski definition) is 1. The topological polar surface area (TPSA) is 43.3 Å². The summed E-state index contributed by atoms with van der Waals surface area (Å²) in [5.41, 5.74) is 0.788. The minimum absolute atomic E-state index is 0.154. The number of ether oxygens (including phenoxy) is 1. The molecule has 4 nitrogen and oxygen atoms in total. The SMILES string of the molecule is COc1ccc(-c2cc3n(c(=O)c2)C[C@@H]2CNC[C@H]3C2)cc1C(F)(F)F. The first kappa shape index (κ1) is 17.1. The molecular formula is C19H19F3N2O2. The number of fused-ring (bicyclic) bond motifs is 4. The van der Waals surface area contributed by atoms with E-state index in [9.17, 15) is 18.0 Å². The monoisotopic (exact) mass is 364 g/mol. The zero-order chi connectivity index (χ0) is 18.5. The van der Waals surface area contributed by atoms with Gasteiger partial charge in [0, 0.05) is 30.8 Å². The van der Waals surface area contributed by atoms with E-state index in [-0.39, 0.29) is 17.2 Å². The number of halogens is 3. The number of methoxy groups -OCH3 is 1. The molecule has 0 saturated carbocycles. The summed E-state index contributed by atoms with van der Waals surface area (Å²) in [6, 6.07) is 7.20. The maximum atomic E-state index is 13.3. The van der Waals surface area contributed by atoms with Crippen LogP contribution in [0.4, 0.5) is 13.2 Å². The third-order valence-electron chi connectivity index (χ3n) is 5.30. The molecular weight excluding hydrogens is 345 g/mol. The molecule has 2 atom stereocenters. The van der Waals surface area contributed by atoms with Crippen molar-refractivity contribution >= 4 is 0 Å². The number of hydrogen-bond acceptors (Lipinski definition) is 3. The van der Waals surface area contributed by atoms with Gasteiger partial charge in [-0.25, -0.2) is 0 Å². The van der Waals surface area contributed by atoms with Crippen LogP contribution in [0.3, 0.4) is 0 Å². The van der Waals surface area contributed by atoms with Gasteiger partial charge in [-0.1, -0.05) is 6.07 Å². The van der Waals surface area contributed by atoms with E-state index < -0.39 is 11.7 Å². The van der Waals surface area contributed by atoms with E-state index in [1.165, 1.54) is 19.2 Å². The maximum absolute atomic E-state index is 13.3. The number of nitrogens with zero attached hydrogens (tertiary/aromatic N) is 1. The zero-order valence-corrected chi connectivity index (χ0v) is 14.3. The van der Waals surface area contributed by atoms with Gasteiger partial charge in [-0.3, -0.25) is 4.79 Å². The van der Waals surface area contributed by atoms with Crippen molar-refractivity contribution < 1.29 is 17.9 Å². The van der Waals surface area contributed by atoms with Gasteiger partial charge in [0.25, 0.3) is 5.56 Å². The number of alkyl halides is 3. The Bertz CT molecular complexity index is 905. The van der Waals surface area contributed by atoms with Gasteiger partial charge in [-0.05, 0) is 48.2 Å². The number of piperidine rings is 1. The number of nitrogens with one attached hydrogen (secondary N) is 1. The Morgan fingerprint density at radius 3 is 2.69 bits per heavy atom. The van der Waals surface area contributed by atoms with Crippen molar-refractivity contribution in [1.82, 2.24) is 9.88 Å². The Labute approximate surface area is 148 Å². The molecule has 4 rings (SSSR count). The smallest absolute Gasteiger partial charge is 0.419 e. The summed E-state index contributed by atoms with van der Waals surface area (Å²) in [5.74, 6) is 0.424. The summed E-state index contributed by atoms with van der Waals surface area (Å²) in [7, 11) is 1.21. The predicted molar refractivity (Wildman–Crippen MR) is 91.4 cm³/mol. The first-order valence-electron chi connectivity index (χ1n) is 8.58. The average Bonchev–Trinajstić information content (AvgIpc) is 2.61. The summed E-state index contributed by atoms with van der Waals surface area (Å²) >= 11 is 0. The minimum atomic E-state index is -4.52. The van der Waals surface area contributed by atoms with Gasteiger partial charge in [0.1, 0.15) is 5.75 Å². The molecule has 1 N–H and O–H groups in total. The Morgan fingerprint density at radius 2 is 1.96 bits per heavy atom. The second-order valence-corrected chi connectivity index (χ2v) is 6.99. The summed E-state index contributed by atoms with van der Waals surface area (Å²) in [6.45, 7) is 2.35. The molecule has 2 aliphatic rings. The largest absolute Gasteiger partial charge is 0.496 e. The van der Waals surface area contributed by atoms with E-state index in [1.54, 1.807) is 10.6 Å². The van der Waals surface area contributed by atoms with Crippen molar-refractivity contribution in [3.05, 3.63) is 51.9 Å². The lowest BCUT2D eigenvalue weighted by Gasteiger charge is -2.37. The fraction of sp³-hybridized carbons (Fsp3) is 0.421. The lowest BCUT2D eigenvalue weighted by atomic mass is 9.83. The maximum Gasteiger partial charge on any atom is 0.419 e. The van der Waals surface area contributed by atoms with Crippen LogP contribution in [-0.4, -0.2) is 24.8 Å². The fourth-order valence-corrected chi connectivity index (χ4v) is 4.08. The minimum Gasteiger partial charge on any atom is -0.496 e. The standard InChI is InChI=1S/C19H19F3N2O2/c1-26-17-3-2-12(5-15(17)19(20,21)22)13-6-16-14-4-11(8-23-9-14)10-24(16)18(25)7-13/h2-3,5-7,11,14,23H,4,8-10H2,1H3/t11-,14+/m0/s1. The molecule has 138 valence electrons. The van der Waals surface area contributed by atoms with Crippen LogP contribution in [-0.2, 0) is 12.7 Å². The fourth-order valence-electron chi connectivity index (χ4n) is 4.08. The molecule has 0 aliphatic carbocycles. The third kappa shape index (κ3) is 2.90. The number of benzene rings is 1. The van der Waals surface area contributed by atoms with Crippen LogP contribution in [0.5, 0.6) is 5.75 Å². The summed E-state index contributed by atoms with van der Waals surface area (Å²) < 4.78 is 46.5. The quantitative estimate of drug-likeness (QED) is 0.890. The van der Waals surface area contributed by atoms with Crippen molar-refractivity contribution in [1.29, 1.82) is 0 Å². The molecule has 1 fully saturated rings. The lowest BCUT2D eigenvalue weighted by molar-refractivity contribution is -0.138. The van der Waals surface area contributed by atoms with E-state index >= 15 is 0 Å². The van der Waals surface area contributed by atoms with Crippen molar-refractivity contribution in [2.45, 2.75) is 25.1 Å². The average molecular weight is 364 g/mol. The number of rotatable bonds is 2. The van der Waals surface area contributed by atoms with Gasteiger partial charge in [0.2, 0.25) is 0 Å².